The topological polar surface area (TPSA) is 79.5 Å². The van der Waals surface area contributed by atoms with Gasteiger partial charge in [0.2, 0.25) is 11.8 Å². The predicted octanol–water partition coefficient (Wildman–Crippen LogP) is 3.58. The molecular formula is C22H27ClN4O2S. The standard InChI is InChI=1S/C22H27ClN4O2S/c23-15-4-5-18(21(24)29)19(12-15)22-25-16(14-30-22)13-20(28)27-10-6-17(7-11-27)26-8-2-1-3-9-26/h4-5,12,14,17H,1-3,6-11,13H2,(H2,24,29). The molecule has 4 rings (SSSR count). The van der Waals surface area contributed by atoms with E-state index in [2.05, 4.69) is 9.88 Å². The van der Waals surface area contributed by atoms with Gasteiger partial charge in [-0.2, -0.15) is 0 Å². The van der Waals surface area contributed by atoms with E-state index in [9.17, 15) is 9.59 Å². The lowest BCUT2D eigenvalue weighted by Gasteiger charge is -2.40. The first-order valence-corrected chi connectivity index (χ1v) is 11.8. The Morgan fingerprint density at radius 1 is 1.13 bits per heavy atom. The average Bonchev–Trinajstić information content (AvgIpc) is 3.22. The lowest BCUT2D eigenvalue weighted by atomic mass is 9.99. The molecule has 2 fully saturated rings. The van der Waals surface area contributed by atoms with Crippen LogP contribution in [0.1, 0.15) is 48.2 Å². The molecule has 1 aromatic carbocycles. The number of thiazole rings is 1. The maximum Gasteiger partial charge on any atom is 0.249 e. The van der Waals surface area contributed by atoms with Crippen molar-refractivity contribution >= 4 is 34.8 Å². The van der Waals surface area contributed by atoms with E-state index in [1.165, 1.54) is 43.7 Å². The quantitative estimate of drug-likeness (QED) is 0.761. The van der Waals surface area contributed by atoms with Crippen molar-refractivity contribution in [1.82, 2.24) is 14.8 Å². The zero-order valence-corrected chi connectivity index (χ0v) is 18.6. The van der Waals surface area contributed by atoms with Gasteiger partial charge in [-0.15, -0.1) is 11.3 Å². The number of hydrogen-bond acceptors (Lipinski definition) is 5. The van der Waals surface area contributed by atoms with E-state index in [-0.39, 0.29) is 12.3 Å². The molecule has 2 amide bonds. The monoisotopic (exact) mass is 446 g/mol. The number of primary amides is 1. The van der Waals surface area contributed by atoms with Crippen molar-refractivity contribution in [2.45, 2.75) is 44.6 Å². The van der Waals surface area contributed by atoms with Gasteiger partial charge in [0.25, 0.3) is 0 Å². The summed E-state index contributed by atoms with van der Waals surface area (Å²) in [6.07, 6.45) is 6.33. The molecule has 0 radical (unpaired) electrons. The molecule has 0 bridgehead atoms. The van der Waals surface area contributed by atoms with E-state index in [1.54, 1.807) is 18.2 Å². The first kappa shape index (κ1) is 21.3. The molecule has 0 atom stereocenters. The smallest absolute Gasteiger partial charge is 0.249 e. The molecule has 0 spiro atoms. The summed E-state index contributed by atoms with van der Waals surface area (Å²) in [6.45, 7) is 4.04. The van der Waals surface area contributed by atoms with E-state index in [4.69, 9.17) is 17.3 Å². The van der Waals surface area contributed by atoms with Crippen LogP contribution in [0.2, 0.25) is 5.02 Å². The van der Waals surface area contributed by atoms with Crippen LogP contribution in [0.25, 0.3) is 10.6 Å². The molecule has 2 aromatic rings. The van der Waals surface area contributed by atoms with Gasteiger partial charge in [0.05, 0.1) is 12.1 Å². The fraction of sp³-hybridized carbons (Fsp3) is 0.500. The summed E-state index contributed by atoms with van der Waals surface area (Å²) in [5.74, 6) is -0.406. The molecule has 2 saturated heterocycles. The molecule has 2 N–H and O–H groups in total. The van der Waals surface area contributed by atoms with Gasteiger partial charge >= 0.3 is 0 Å². The van der Waals surface area contributed by atoms with Crippen LogP contribution in [0.4, 0.5) is 0 Å². The van der Waals surface area contributed by atoms with Gasteiger partial charge in [0.15, 0.2) is 0 Å². The number of carbonyl (C=O) groups is 2. The SMILES string of the molecule is NC(=O)c1ccc(Cl)cc1-c1nc(CC(=O)N2CCC(N3CCCCC3)CC2)cs1. The van der Waals surface area contributed by atoms with Crippen LogP contribution >= 0.6 is 22.9 Å². The molecule has 160 valence electrons. The second-order valence-corrected chi connectivity index (χ2v) is 9.38. The molecule has 8 heteroatoms. The number of amides is 2. The molecule has 1 aromatic heterocycles. The van der Waals surface area contributed by atoms with Crippen LogP contribution in [-0.2, 0) is 11.2 Å². The molecule has 0 unspecified atom stereocenters. The van der Waals surface area contributed by atoms with Crippen molar-refractivity contribution in [3.63, 3.8) is 0 Å². The summed E-state index contributed by atoms with van der Waals surface area (Å²) < 4.78 is 0. The number of aromatic nitrogens is 1. The second kappa shape index (κ2) is 9.45. The summed E-state index contributed by atoms with van der Waals surface area (Å²) in [6, 6.07) is 5.56. The number of carbonyl (C=O) groups excluding carboxylic acids is 2. The summed E-state index contributed by atoms with van der Waals surface area (Å²) in [7, 11) is 0. The number of nitrogens with zero attached hydrogens (tertiary/aromatic N) is 3. The molecule has 2 aliphatic heterocycles. The number of rotatable bonds is 5. The van der Waals surface area contributed by atoms with Crippen LogP contribution < -0.4 is 5.73 Å². The number of likely N-dealkylation sites (tertiary alicyclic amines) is 2. The Kier molecular flexibility index (Phi) is 6.71. The molecule has 30 heavy (non-hydrogen) atoms. The molecule has 0 saturated carbocycles. The van der Waals surface area contributed by atoms with Crippen LogP contribution in [0.15, 0.2) is 23.6 Å². The first-order valence-electron chi connectivity index (χ1n) is 10.6. The van der Waals surface area contributed by atoms with E-state index in [0.29, 0.717) is 32.9 Å². The Morgan fingerprint density at radius 3 is 2.57 bits per heavy atom. The third-order valence-electron chi connectivity index (χ3n) is 6.09. The Balaban J connectivity index is 1.37. The highest BCUT2D eigenvalue weighted by molar-refractivity contribution is 7.13. The highest BCUT2D eigenvalue weighted by Gasteiger charge is 2.28. The molecular weight excluding hydrogens is 420 g/mol. The van der Waals surface area contributed by atoms with E-state index >= 15 is 0 Å². The fourth-order valence-electron chi connectivity index (χ4n) is 4.45. The van der Waals surface area contributed by atoms with Crippen molar-refractivity contribution in [3.8, 4) is 10.6 Å². The minimum atomic E-state index is -0.522. The van der Waals surface area contributed by atoms with Gasteiger partial charge in [-0.3, -0.25) is 9.59 Å². The molecule has 0 aliphatic carbocycles. The van der Waals surface area contributed by atoms with Gasteiger partial charge in [-0.05, 0) is 57.0 Å². The number of benzene rings is 1. The van der Waals surface area contributed by atoms with Gasteiger partial charge < -0.3 is 15.5 Å². The third-order valence-corrected chi connectivity index (χ3v) is 7.25. The van der Waals surface area contributed by atoms with E-state index in [0.717, 1.165) is 25.9 Å². The zero-order valence-electron chi connectivity index (χ0n) is 17.0. The van der Waals surface area contributed by atoms with Gasteiger partial charge in [0, 0.05) is 40.7 Å². The second-order valence-electron chi connectivity index (χ2n) is 8.08. The predicted molar refractivity (Wildman–Crippen MR) is 120 cm³/mol. The van der Waals surface area contributed by atoms with Gasteiger partial charge in [0.1, 0.15) is 5.01 Å². The van der Waals surface area contributed by atoms with E-state index < -0.39 is 5.91 Å². The van der Waals surface area contributed by atoms with Crippen LogP contribution in [0.3, 0.4) is 0 Å². The fourth-order valence-corrected chi connectivity index (χ4v) is 5.47. The third kappa shape index (κ3) is 4.85. The number of hydrogen-bond donors (Lipinski definition) is 1. The van der Waals surface area contributed by atoms with Crippen LogP contribution in [-0.4, -0.2) is 58.8 Å². The number of halogens is 1. The van der Waals surface area contributed by atoms with E-state index in [1.807, 2.05) is 10.3 Å². The Hall–Kier alpha value is -1.96. The zero-order chi connectivity index (χ0) is 21.1. The van der Waals surface area contributed by atoms with Gasteiger partial charge in [-0.25, -0.2) is 4.98 Å². The Bertz CT molecular complexity index is 918. The highest BCUT2D eigenvalue weighted by Crippen LogP contribution is 2.30. The van der Waals surface area contributed by atoms with Crippen LogP contribution in [0, 0.1) is 0 Å². The number of piperidine rings is 2. The summed E-state index contributed by atoms with van der Waals surface area (Å²) >= 11 is 7.49. The highest BCUT2D eigenvalue weighted by atomic mass is 35.5. The van der Waals surface area contributed by atoms with Gasteiger partial charge in [-0.1, -0.05) is 18.0 Å². The van der Waals surface area contributed by atoms with Crippen molar-refractivity contribution in [2.75, 3.05) is 26.2 Å². The van der Waals surface area contributed by atoms with Crippen LogP contribution in [0.5, 0.6) is 0 Å². The summed E-state index contributed by atoms with van der Waals surface area (Å²) in [5.41, 5.74) is 7.19. The Morgan fingerprint density at radius 2 is 1.87 bits per heavy atom. The molecule has 3 heterocycles. The van der Waals surface area contributed by atoms with Crippen molar-refractivity contribution in [1.29, 1.82) is 0 Å². The van der Waals surface area contributed by atoms with Crippen molar-refractivity contribution < 1.29 is 9.59 Å². The minimum absolute atomic E-state index is 0.116. The minimum Gasteiger partial charge on any atom is -0.366 e. The largest absolute Gasteiger partial charge is 0.366 e. The summed E-state index contributed by atoms with van der Waals surface area (Å²) in [4.78, 5) is 33.7. The van der Waals surface area contributed by atoms with Crippen molar-refractivity contribution in [2.24, 2.45) is 5.73 Å². The first-order chi connectivity index (χ1) is 14.5. The Labute approximate surface area is 186 Å². The molecule has 6 nitrogen and oxygen atoms in total. The van der Waals surface area contributed by atoms with Crippen molar-refractivity contribution in [3.05, 3.63) is 39.9 Å². The lowest BCUT2D eigenvalue weighted by molar-refractivity contribution is -0.132. The maximum absolute atomic E-state index is 12.8. The maximum atomic E-state index is 12.8. The summed E-state index contributed by atoms with van der Waals surface area (Å²) in [5, 5.41) is 3.04. The lowest BCUT2D eigenvalue weighted by Crippen LogP contribution is -2.48. The average molecular weight is 447 g/mol. The normalized spacial score (nSPS) is 18.5. The number of nitrogens with two attached hydrogens (primary N) is 1. The molecule has 2 aliphatic rings.